The summed E-state index contributed by atoms with van der Waals surface area (Å²) in [6, 6.07) is 10.3. The Morgan fingerprint density at radius 1 is 1.13 bits per heavy atom. The summed E-state index contributed by atoms with van der Waals surface area (Å²) >= 11 is 0. The van der Waals surface area contributed by atoms with Crippen molar-refractivity contribution in [2.24, 2.45) is 0 Å². The molecule has 1 atom stereocenters. The van der Waals surface area contributed by atoms with E-state index in [1.54, 1.807) is 12.1 Å². The normalized spacial score (nSPS) is 19.5. The SMILES string of the molecule is O=C(Nc1ccc(NCC2CCCO2)c(F)c1)c1cccc(S(=O)(=O)N2CCCC2)c1. The molecule has 2 aromatic rings. The van der Waals surface area contributed by atoms with Crippen molar-refractivity contribution in [3.63, 3.8) is 0 Å². The fraction of sp³-hybridized carbons (Fsp3) is 0.409. The minimum absolute atomic E-state index is 0.0851. The fourth-order valence-electron chi connectivity index (χ4n) is 3.84. The van der Waals surface area contributed by atoms with Crippen molar-refractivity contribution in [2.75, 3.05) is 36.9 Å². The molecule has 2 heterocycles. The maximum atomic E-state index is 14.4. The first-order valence-electron chi connectivity index (χ1n) is 10.5. The number of nitrogens with zero attached hydrogens (tertiary/aromatic N) is 1. The van der Waals surface area contributed by atoms with Crippen LogP contribution in [0.25, 0.3) is 0 Å². The van der Waals surface area contributed by atoms with Crippen LogP contribution in [0.1, 0.15) is 36.0 Å². The third kappa shape index (κ3) is 5.06. The molecule has 7 nitrogen and oxygen atoms in total. The van der Waals surface area contributed by atoms with Gasteiger partial charge in [0.25, 0.3) is 5.91 Å². The van der Waals surface area contributed by atoms with Gasteiger partial charge in [-0.1, -0.05) is 6.07 Å². The van der Waals surface area contributed by atoms with Crippen LogP contribution in [0.5, 0.6) is 0 Å². The van der Waals surface area contributed by atoms with Gasteiger partial charge in [0.15, 0.2) is 0 Å². The summed E-state index contributed by atoms with van der Waals surface area (Å²) < 4.78 is 46.9. The number of hydrogen-bond acceptors (Lipinski definition) is 5. The molecule has 9 heteroatoms. The van der Waals surface area contributed by atoms with Gasteiger partial charge in [-0.2, -0.15) is 4.31 Å². The molecule has 1 unspecified atom stereocenters. The smallest absolute Gasteiger partial charge is 0.255 e. The molecular formula is C22H26FN3O4S. The zero-order valence-electron chi connectivity index (χ0n) is 17.1. The van der Waals surface area contributed by atoms with Crippen LogP contribution in [-0.2, 0) is 14.8 Å². The number of benzene rings is 2. The van der Waals surface area contributed by atoms with E-state index in [2.05, 4.69) is 10.6 Å². The Morgan fingerprint density at radius 3 is 2.65 bits per heavy atom. The lowest BCUT2D eigenvalue weighted by Crippen LogP contribution is -2.28. The molecule has 31 heavy (non-hydrogen) atoms. The van der Waals surface area contributed by atoms with Crippen molar-refractivity contribution in [1.82, 2.24) is 4.31 Å². The largest absolute Gasteiger partial charge is 0.380 e. The van der Waals surface area contributed by atoms with E-state index >= 15 is 0 Å². The summed E-state index contributed by atoms with van der Waals surface area (Å²) in [6.45, 7) is 2.25. The molecule has 2 N–H and O–H groups in total. The van der Waals surface area contributed by atoms with E-state index in [0.29, 0.717) is 25.3 Å². The van der Waals surface area contributed by atoms with Crippen LogP contribution in [0.3, 0.4) is 0 Å². The van der Waals surface area contributed by atoms with E-state index in [1.807, 2.05) is 0 Å². The van der Waals surface area contributed by atoms with Crippen molar-refractivity contribution in [2.45, 2.75) is 36.7 Å². The molecule has 2 aliphatic rings. The van der Waals surface area contributed by atoms with Crippen molar-refractivity contribution in [1.29, 1.82) is 0 Å². The van der Waals surface area contributed by atoms with Gasteiger partial charge in [0.05, 0.1) is 16.7 Å². The molecule has 2 fully saturated rings. The second-order valence-corrected chi connectivity index (χ2v) is 9.74. The quantitative estimate of drug-likeness (QED) is 0.679. The Hall–Kier alpha value is -2.49. The summed E-state index contributed by atoms with van der Waals surface area (Å²) in [4.78, 5) is 12.7. The number of rotatable bonds is 7. The van der Waals surface area contributed by atoms with Crippen molar-refractivity contribution >= 4 is 27.3 Å². The predicted molar refractivity (Wildman–Crippen MR) is 116 cm³/mol. The summed E-state index contributed by atoms with van der Waals surface area (Å²) in [6.07, 6.45) is 3.73. The number of ether oxygens (including phenoxy) is 1. The average molecular weight is 448 g/mol. The number of carbonyl (C=O) groups excluding carboxylic acids is 1. The second kappa shape index (κ2) is 9.33. The lowest BCUT2D eigenvalue weighted by atomic mass is 10.2. The first-order chi connectivity index (χ1) is 14.9. The second-order valence-electron chi connectivity index (χ2n) is 7.80. The van der Waals surface area contributed by atoms with E-state index in [-0.39, 0.29) is 22.3 Å². The number of anilines is 2. The van der Waals surface area contributed by atoms with Crippen LogP contribution in [0.4, 0.5) is 15.8 Å². The van der Waals surface area contributed by atoms with Gasteiger partial charge in [-0.25, -0.2) is 12.8 Å². The molecule has 0 bridgehead atoms. The summed E-state index contributed by atoms with van der Waals surface area (Å²) in [5.74, 6) is -0.987. The lowest BCUT2D eigenvalue weighted by molar-refractivity contribution is 0.102. The van der Waals surface area contributed by atoms with Crippen LogP contribution in [0, 0.1) is 5.82 Å². The van der Waals surface area contributed by atoms with Gasteiger partial charge in [0.2, 0.25) is 10.0 Å². The average Bonchev–Trinajstić information content (AvgIpc) is 3.48. The highest BCUT2D eigenvalue weighted by molar-refractivity contribution is 7.89. The zero-order valence-corrected chi connectivity index (χ0v) is 18.0. The van der Waals surface area contributed by atoms with Crippen molar-refractivity contribution < 1.29 is 22.3 Å². The number of amides is 1. The minimum atomic E-state index is -3.62. The Labute approximate surface area is 181 Å². The maximum Gasteiger partial charge on any atom is 0.255 e. The molecule has 2 saturated heterocycles. The van der Waals surface area contributed by atoms with Gasteiger partial charge in [-0.15, -0.1) is 0 Å². The summed E-state index contributed by atoms with van der Waals surface area (Å²) in [5.41, 5.74) is 0.825. The van der Waals surface area contributed by atoms with Gasteiger partial charge in [-0.3, -0.25) is 4.79 Å². The van der Waals surface area contributed by atoms with Crippen LogP contribution in [0.15, 0.2) is 47.4 Å². The van der Waals surface area contributed by atoms with Gasteiger partial charge >= 0.3 is 0 Å². The third-order valence-electron chi connectivity index (χ3n) is 5.57. The van der Waals surface area contributed by atoms with E-state index in [1.165, 1.54) is 34.6 Å². The number of carbonyl (C=O) groups is 1. The molecule has 166 valence electrons. The first kappa shape index (κ1) is 21.7. The van der Waals surface area contributed by atoms with Crippen LogP contribution in [0.2, 0.25) is 0 Å². The van der Waals surface area contributed by atoms with Crippen LogP contribution in [-0.4, -0.2) is 51.0 Å². The Kier molecular flexibility index (Phi) is 6.54. The summed E-state index contributed by atoms with van der Waals surface area (Å²) in [5, 5.41) is 5.67. The van der Waals surface area contributed by atoms with Gasteiger partial charge in [-0.05, 0) is 62.1 Å². The predicted octanol–water partition coefficient (Wildman–Crippen LogP) is 3.45. The molecule has 1 amide bonds. The van der Waals surface area contributed by atoms with Crippen LogP contribution < -0.4 is 10.6 Å². The Balaban J connectivity index is 1.42. The topological polar surface area (TPSA) is 87.7 Å². The molecule has 0 radical (unpaired) electrons. The standard InChI is InChI=1S/C22H26FN3O4S/c23-20-14-17(8-9-21(20)24-15-18-6-4-12-30-18)25-22(27)16-5-3-7-19(13-16)31(28,29)26-10-1-2-11-26/h3,5,7-9,13-14,18,24H,1-2,4,6,10-12,15H2,(H,25,27). The molecule has 0 spiro atoms. The molecule has 2 aliphatic heterocycles. The molecule has 0 aromatic heterocycles. The lowest BCUT2D eigenvalue weighted by Gasteiger charge is -2.16. The number of halogens is 1. The van der Waals surface area contributed by atoms with Crippen molar-refractivity contribution in [3.8, 4) is 0 Å². The number of nitrogens with one attached hydrogen (secondary N) is 2. The molecule has 0 aliphatic carbocycles. The third-order valence-corrected chi connectivity index (χ3v) is 7.46. The van der Waals surface area contributed by atoms with E-state index in [9.17, 15) is 17.6 Å². The molecule has 2 aromatic carbocycles. The van der Waals surface area contributed by atoms with E-state index in [4.69, 9.17) is 4.74 Å². The van der Waals surface area contributed by atoms with Gasteiger partial charge in [0.1, 0.15) is 5.82 Å². The highest BCUT2D eigenvalue weighted by atomic mass is 32.2. The number of hydrogen-bond donors (Lipinski definition) is 2. The Morgan fingerprint density at radius 2 is 1.94 bits per heavy atom. The first-order valence-corrected chi connectivity index (χ1v) is 11.9. The van der Waals surface area contributed by atoms with Gasteiger partial charge < -0.3 is 15.4 Å². The van der Waals surface area contributed by atoms with Crippen LogP contribution >= 0.6 is 0 Å². The highest BCUT2D eigenvalue weighted by Gasteiger charge is 2.27. The Bertz CT molecular complexity index is 1050. The maximum absolute atomic E-state index is 14.4. The van der Waals surface area contributed by atoms with E-state index < -0.39 is 21.7 Å². The highest BCUT2D eigenvalue weighted by Crippen LogP contribution is 2.23. The fourth-order valence-corrected chi connectivity index (χ4v) is 5.41. The zero-order chi connectivity index (χ0) is 21.8. The van der Waals surface area contributed by atoms with Gasteiger partial charge in [0, 0.05) is 37.5 Å². The molecule has 4 rings (SSSR count). The summed E-state index contributed by atoms with van der Waals surface area (Å²) in [7, 11) is -3.62. The van der Waals surface area contributed by atoms with E-state index in [0.717, 1.165) is 32.3 Å². The van der Waals surface area contributed by atoms with Crippen molar-refractivity contribution in [3.05, 3.63) is 53.8 Å². The number of sulfonamides is 1. The monoisotopic (exact) mass is 447 g/mol. The molecule has 0 saturated carbocycles. The molecular weight excluding hydrogens is 421 g/mol. The minimum Gasteiger partial charge on any atom is -0.380 e.